The predicted molar refractivity (Wildman–Crippen MR) is 110 cm³/mol. The highest BCUT2D eigenvalue weighted by Gasteiger charge is 2.65. The first-order chi connectivity index (χ1) is 13.3. The Morgan fingerprint density at radius 1 is 1.25 bits per heavy atom. The van der Waals surface area contributed by atoms with Gasteiger partial charge in [-0.3, -0.25) is 4.79 Å². The monoisotopic (exact) mass is 388 g/mol. The van der Waals surface area contributed by atoms with Gasteiger partial charge in [-0.1, -0.05) is 25.6 Å². The van der Waals surface area contributed by atoms with E-state index in [4.69, 9.17) is 10.6 Å². The predicted octanol–water partition coefficient (Wildman–Crippen LogP) is 3.60. The topological polar surface area (TPSA) is 84.9 Å². The van der Waals surface area contributed by atoms with E-state index in [9.17, 15) is 9.90 Å². The number of fused-ring (bicyclic) bond motifs is 5. The number of carbonyl (C=O) groups is 1. The van der Waals surface area contributed by atoms with Gasteiger partial charge in [0.2, 0.25) is 0 Å². The summed E-state index contributed by atoms with van der Waals surface area (Å²) in [6, 6.07) is 0. The molecule has 5 nitrogen and oxygen atoms in total. The van der Waals surface area contributed by atoms with Crippen LogP contribution in [0.2, 0.25) is 0 Å². The van der Waals surface area contributed by atoms with E-state index < -0.39 is 5.60 Å². The van der Waals surface area contributed by atoms with Crippen molar-refractivity contribution in [1.82, 2.24) is 0 Å². The molecule has 4 aliphatic rings. The zero-order chi connectivity index (χ0) is 20.2. The van der Waals surface area contributed by atoms with Crippen LogP contribution >= 0.6 is 0 Å². The Hall–Kier alpha value is -1.20. The molecule has 0 aromatic heterocycles. The fourth-order valence-corrected chi connectivity index (χ4v) is 7.17. The molecule has 0 heterocycles. The zero-order valence-corrected chi connectivity index (χ0v) is 17.5. The van der Waals surface area contributed by atoms with Crippen LogP contribution in [0.15, 0.2) is 17.3 Å². The van der Waals surface area contributed by atoms with E-state index in [1.54, 1.807) is 0 Å². The van der Waals surface area contributed by atoms with Gasteiger partial charge in [0, 0.05) is 23.7 Å². The normalized spacial score (nSPS) is 46.9. The summed E-state index contributed by atoms with van der Waals surface area (Å²) in [6.45, 7) is 9.93. The maximum Gasteiger partial charge on any atom is 0.139 e. The lowest BCUT2D eigenvalue weighted by atomic mass is 9.43. The molecule has 0 aromatic carbocycles. The van der Waals surface area contributed by atoms with Gasteiger partial charge in [0.15, 0.2) is 0 Å². The highest BCUT2D eigenvalue weighted by molar-refractivity contribution is 5.88. The molecule has 4 aliphatic carbocycles. The summed E-state index contributed by atoms with van der Waals surface area (Å²) in [5.41, 5.74) is 6.12. The largest absolute Gasteiger partial charge is 0.396 e. The quantitative estimate of drug-likeness (QED) is 0.438. The number of aliphatic hydroxyl groups is 1. The smallest absolute Gasteiger partial charge is 0.139 e. The molecule has 5 heteroatoms. The molecule has 0 unspecified atom stereocenters. The van der Waals surface area contributed by atoms with Crippen molar-refractivity contribution in [3.63, 3.8) is 0 Å². The van der Waals surface area contributed by atoms with E-state index >= 15 is 0 Å². The zero-order valence-electron chi connectivity index (χ0n) is 17.5. The van der Waals surface area contributed by atoms with Crippen molar-refractivity contribution < 1.29 is 14.7 Å². The molecular weight excluding hydrogens is 352 g/mol. The van der Waals surface area contributed by atoms with Crippen molar-refractivity contribution in [3.8, 4) is 0 Å². The maximum atomic E-state index is 12.6. The first-order valence-corrected chi connectivity index (χ1v) is 11.1. The lowest BCUT2D eigenvalue weighted by molar-refractivity contribution is -0.161. The standard InChI is InChI=1S/C23H36N2O3/c1-15-13-17-18-5-6-20(26)21(18,2)9-8-19(17)22(3)10-7-16(14-23(15,22)27)25-28-12-4-11-24/h17-19,27H,1,4-14,24H2,2-3H3/b25-16-/t17-,18-,19-,21-,22+,23-/m0/s1. The van der Waals surface area contributed by atoms with Crippen LogP contribution in [-0.2, 0) is 9.63 Å². The minimum atomic E-state index is -0.918. The molecule has 4 fully saturated rings. The number of hydrogen-bond acceptors (Lipinski definition) is 5. The average Bonchev–Trinajstić information content (AvgIpc) is 2.96. The fourth-order valence-electron chi connectivity index (χ4n) is 7.17. The summed E-state index contributed by atoms with van der Waals surface area (Å²) in [6.07, 6.45) is 7.66. The third-order valence-electron chi connectivity index (χ3n) is 9.00. The molecule has 0 aromatic rings. The molecule has 6 atom stereocenters. The minimum Gasteiger partial charge on any atom is -0.396 e. The first-order valence-electron chi connectivity index (χ1n) is 11.1. The molecule has 4 rings (SSSR count). The number of ketones is 1. The van der Waals surface area contributed by atoms with E-state index in [-0.39, 0.29) is 10.8 Å². The van der Waals surface area contributed by atoms with E-state index in [0.29, 0.717) is 43.1 Å². The van der Waals surface area contributed by atoms with Crippen LogP contribution in [0.25, 0.3) is 0 Å². The molecule has 0 amide bonds. The molecule has 0 aliphatic heterocycles. The second-order valence-corrected chi connectivity index (χ2v) is 10.2. The van der Waals surface area contributed by atoms with Crippen molar-refractivity contribution in [2.24, 2.45) is 39.5 Å². The van der Waals surface area contributed by atoms with Gasteiger partial charge in [-0.05, 0) is 74.8 Å². The second kappa shape index (κ2) is 6.94. The van der Waals surface area contributed by atoms with Crippen LogP contribution in [-0.4, -0.2) is 35.4 Å². The summed E-state index contributed by atoms with van der Waals surface area (Å²) < 4.78 is 0. The summed E-state index contributed by atoms with van der Waals surface area (Å²) in [5, 5.41) is 16.2. The Kier molecular flexibility index (Phi) is 4.98. The van der Waals surface area contributed by atoms with E-state index in [2.05, 4.69) is 25.6 Å². The molecule has 156 valence electrons. The van der Waals surface area contributed by atoms with Gasteiger partial charge in [-0.15, -0.1) is 0 Å². The number of oxime groups is 1. The van der Waals surface area contributed by atoms with Gasteiger partial charge >= 0.3 is 0 Å². The molecule has 0 saturated heterocycles. The van der Waals surface area contributed by atoms with Gasteiger partial charge in [0.25, 0.3) is 0 Å². The Bertz CT molecular complexity index is 704. The Morgan fingerprint density at radius 2 is 2.04 bits per heavy atom. The molecule has 0 bridgehead atoms. The van der Waals surface area contributed by atoms with Crippen molar-refractivity contribution in [2.45, 2.75) is 77.2 Å². The highest BCUT2D eigenvalue weighted by Crippen LogP contribution is 2.67. The van der Waals surface area contributed by atoms with Crippen LogP contribution in [0.4, 0.5) is 0 Å². The van der Waals surface area contributed by atoms with Crippen LogP contribution in [0.3, 0.4) is 0 Å². The Labute approximate surface area is 168 Å². The fraction of sp³-hybridized carbons (Fsp3) is 0.826. The number of nitrogens with two attached hydrogens (primary N) is 1. The number of carbonyl (C=O) groups excluding carboxylic acids is 1. The first kappa shape index (κ1) is 20.1. The summed E-state index contributed by atoms with van der Waals surface area (Å²) in [4.78, 5) is 18.0. The van der Waals surface area contributed by atoms with Gasteiger partial charge in [0.05, 0.1) is 11.3 Å². The summed E-state index contributed by atoms with van der Waals surface area (Å²) >= 11 is 0. The molecule has 0 spiro atoms. The van der Waals surface area contributed by atoms with Gasteiger partial charge in [-0.2, -0.15) is 0 Å². The van der Waals surface area contributed by atoms with Crippen LogP contribution in [0.5, 0.6) is 0 Å². The van der Waals surface area contributed by atoms with Crippen LogP contribution < -0.4 is 5.73 Å². The molecule has 28 heavy (non-hydrogen) atoms. The number of rotatable bonds is 4. The van der Waals surface area contributed by atoms with E-state index in [1.165, 1.54) is 0 Å². The minimum absolute atomic E-state index is 0.147. The van der Waals surface area contributed by atoms with Crippen molar-refractivity contribution in [2.75, 3.05) is 13.2 Å². The Balaban J connectivity index is 1.58. The lowest BCUT2D eigenvalue weighted by Crippen LogP contribution is -2.63. The van der Waals surface area contributed by atoms with Crippen molar-refractivity contribution in [3.05, 3.63) is 12.2 Å². The third kappa shape index (κ3) is 2.72. The van der Waals surface area contributed by atoms with E-state index in [1.807, 2.05) is 0 Å². The van der Waals surface area contributed by atoms with Crippen molar-refractivity contribution >= 4 is 11.5 Å². The molecular formula is C23H36N2O3. The molecule has 4 saturated carbocycles. The summed E-state index contributed by atoms with van der Waals surface area (Å²) in [5.74, 6) is 1.83. The van der Waals surface area contributed by atoms with Gasteiger partial charge in [-0.25, -0.2) is 0 Å². The van der Waals surface area contributed by atoms with Crippen LogP contribution in [0, 0.1) is 28.6 Å². The summed E-state index contributed by atoms with van der Waals surface area (Å²) in [7, 11) is 0. The SMILES string of the molecule is C=C1C[C@H]2[C@@H]3CCC(=O)[C@@]3(C)CC[C@@H]2[C@@]2(C)CC/C(=N/OCCCN)C[C@]12O. The molecule has 3 N–H and O–H groups in total. The van der Waals surface area contributed by atoms with E-state index in [0.717, 1.165) is 62.7 Å². The van der Waals surface area contributed by atoms with Crippen molar-refractivity contribution in [1.29, 1.82) is 0 Å². The van der Waals surface area contributed by atoms with Crippen LogP contribution in [0.1, 0.15) is 71.6 Å². The van der Waals surface area contributed by atoms with Gasteiger partial charge < -0.3 is 15.7 Å². The highest BCUT2D eigenvalue weighted by atomic mass is 16.6. The second-order valence-electron chi connectivity index (χ2n) is 10.2. The third-order valence-corrected chi connectivity index (χ3v) is 9.00. The maximum absolute atomic E-state index is 12.6. The number of Topliss-reactive ketones (excluding diaryl/α,β-unsaturated/α-hetero) is 1. The van der Waals surface area contributed by atoms with Gasteiger partial charge in [0.1, 0.15) is 12.4 Å². The average molecular weight is 389 g/mol. The molecule has 0 radical (unpaired) electrons. The Morgan fingerprint density at radius 3 is 2.79 bits per heavy atom. The lowest BCUT2D eigenvalue weighted by Gasteiger charge is -2.63. The number of nitrogens with zero attached hydrogens (tertiary/aromatic N) is 1. The number of hydrogen-bond donors (Lipinski definition) is 2.